The number of carbonyl (C=O) groups is 1. The van der Waals surface area contributed by atoms with Crippen molar-refractivity contribution in [3.8, 4) is 0 Å². The van der Waals surface area contributed by atoms with E-state index >= 15 is 0 Å². The largest absolute Gasteiger partial charge is 0.339 e. The second-order valence-electron chi connectivity index (χ2n) is 6.91. The molecule has 1 aliphatic heterocycles. The molecule has 8 heteroatoms. The number of likely N-dealkylation sites (tertiary alicyclic amines) is 1. The normalized spacial score (nSPS) is 20.0. The zero-order valence-electron chi connectivity index (χ0n) is 14.3. The molecule has 1 saturated heterocycles. The van der Waals surface area contributed by atoms with Crippen LogP contribution in [0.3, 0.4) is 0 Å². The molecule has 1 aromatic rings. The first-order chi connectivity index (χ1) is 11.4. The quantitative estimate of drug-likeness (QED) is 0.804. The Bertz CT molecular complexity index is 694. The van der Waals surface area contributed by atoms with E-state index in [1.807, 2.05) is 11.8 Å². The maximum atomic E-state index is 12.6. The van der Waals surface area contributed by atoms with E-state index in [1.54, 1.807) is 12.1 Å². The molecule has 1 amide bonds. The third-order valence-electron chi connectivity index (χ3n) is 4.88. The Hall–Kier alpha value is -1.15. The van der Waals surface area contributed by atoms with Crippen LogP contribution in [0.2, 0.25) is 0 Å². The Morgan fingerprint density at radius 3 is 2.20 bits per heavy atom. The van der Waals surface area contributed by atoms with Crippen molar-refractivity contribution in [3.05, 3.63) is 29.8 Å². The van der Waals surface area contributed by atoms with Crippen molar-refractivity contribution < 1.29 is 13.2 Å². The highest BCUT2D eigenvalue weighted by atomic mass is 35.5. The molecular weight excluding hydrogens is 362 g/mol. The molecule has 1 aliphatic carbocycles. The van der Waals surface area contributed by atoms with Crippen molar-refractivity contribution in [2.75, 3.05) is 13.1 Å². The zero-order valence-corrected chi connectivity index (χ0v) is 16.0. The van der Waals surface area contributed by atoms with Crippen LogP contribution in [0.15, 0.2) is 29.2 Å². The number of nitrogens with two attached hydrogens (primary N) is 1. The molecule has 0 spiro atoms. The number of halogens is 1. The van der Waals surface area contributed by atoms with Crippen molar-refractivity contribution in [1.29, 1.82) is 0 Å². The summed E-state index contributed by atoms with van der Waals surface area (Å²) in [5.74, 6) is 0.423. The van der Waals surface area contributed by atoms with Gasteiger partial charge in [-0.15, -0.1) is 12.4 Å². The molecule has 0 bridgehead atoms. The Labute approximate surface area is 155 Å². The van der Waals surface area contributed by atoms with E-state index in [2.05, 4.69) is 4.72 Å². The number of piperidine rings is 1. The van der Waals surface area contributed by atoms with Gasteiger partial charge in [-0.1, -0.05) is 0 Å². The van der Waals surface area contributed by atoms with Crippen LogP contribution in [0.4, 0.5) is 0 Å². The summed E-state index contributed by atoms with van der Waals surface area (Å²) in [4.78, 5) is 14.6. The van der Waals surface area contributed by atoms with Gasteiger partial charge in [-0.3, -0.25) is 4.79 Å². The van der Waals surface area contributed by atoms with Gasteiger partial charge < -0.3 is 10.6 Å². The summed E-state index contributed by atoms with van der Waals surface area (Å²) in [5.41, 5.74) is 6.46. The SMILES string of the molecule is CC(N)C1CCN(C(=O)c2ccc(S(=O)(=O)NC3CC3)cc2)CC1.Cl. The van der Waals surface area contributed by atoms with Crippen LogP contribution >= 0.6 is 12.4 Å². The predicted molar refractivity (Wildman–Crippen MR) is 99.3 cm³/mol. The number of rotatable bonds is 5. The minimum atomic E-state index is -3.47. The smallest absolute Gasteiger partial charge is 0.253 e. The average Bonchev–Trinajstić information content (AvgIpc) is 3.37. The van der Waals surface area contributed by atoms with Crippen LogP contribution in [-0.2, 0) is 10.0 Å². The molecule has 2 fully saturated rings. The number of sulfonamides is 1. The van der Waals surface area contributed by atoms with E-state index in [9.17, 15) is 13.2 Å². The Morgan fingerprint density at radius 2 is 1.72 bits per heavy atom. The number of hydrogen-bond donors (Lipinski definition) is 2. The van der Waals surface area contributed by atoms with Crippen LogP contribution in [0.25, 0.3) is 0 Å². The molecule has 0 radical (unpaired) electrons. The molecule has 2 aliphatic rings. The van der Waals surface area contributed by atoms with Crippen molar-refractivity contribution in [2.24, 2.45) is 11.7 Å². The van der Waals surface area contributed by atoms with Gasteiger partial charge in [-0.2, -0.15) is 0 Å². The second kappa shape index (κ2) is 8.03. The van der Waals surface area contributed by atoms with Crippen LogP contribution < -0.4 is 10.5 Å². The minimum Gasteiger partial charge on any atom is -0.339 e. The summed E-state index contributed by atoms with van der Waals surface area (Å²) >= 11 is 0. The maximum absolute atomic E-state index is 12.6. The lowest BCUT2D eigenvalue weighted by Gasteiger charge is -2.33. The fourth-order valence-corrected chi connectivity index (χ4v) is 4.38. The van der Waals surface area contributed by atoms with Gasteiger partial charge in [-0.25, -0.2) is 13.1 Å². The van der Waals surface area contributed by atoms with Gasteiger partial charge in [-0.05, 0) is 62.8 Å². The molecule has 0 aromatic heterocycles. The van der Waals surface area contributed by atoms with Gasteiger partial charge >= 0.3 is 0 Å². The molecule has 140 valence electrons. The minimum absolute atomic E-state index is 0. The summed E-state index contributed by atoms with van der Waals surface area (Å²) in [7, 11) is -3.47. The van der Waals surface area contributed by atoms with Gasteiger partial charge in [0.05, 0.1) is 4.90 Å². The first-order valence-corrected chi connectivity index (χ1v) is 10.0. The van der Waals surface area contributed by atoms with Gasteiger partial charge in [0.1, 0.15) is 0 Å². The van der Waals surface area contributed by atoms with Gasteiger partial charge in [0.15, 0.2) is 0 Å². The summed E-state index contributed by atoms with van der Waals surface area (Å²) in [6.45, 7) is 3.42. The molecule has 1 unspecified atom stereocenters. The summed E-state index contributed by atoms with van der Waals surface area (Å²) in [6.07, 6.45) is 3.63. The molecule has 25 heavy (non-hydrogen) atoms. The predicted octanol–water partition coefficient (Wildman–Crippen LogP) is 1.75. The molecule has 1 atom stereocenters. The standard InChI is InChI=1S/C17H25N3O3S.ClH/c1-12(18)13-8-10-20(11-9-13)17(21)14-2-6-16(7-3-14)24(22,23)19-15-4-5-15;/h2-3,6-7,12-13,15,19H,4-5,8-11,18H2,1H3;1H. The van der Waals surface area contributed by atoms with Crippen molar-refractivity contribution in [3.63, 3.8) is 0 Å². The molecular formula is C17H26ClN3O3S. The van der Waals surface area contributed by atoms with Crippen molar-refractivity contribution in [1.82, 2.24) is 9.62 Å². The lowest BCUT2D eigenvalue weighted by atomic mass is 9.90. The summed E-state index contributed by atoms with van der Waals surface area (Å²) in [5, 5.41) is 0. The first kappa shape index (κ1) is 20.2. The van der Waals surface area contributed by atoms with E-state index in [1.165, 1.54) is 12.1 Å². The highest BCUT2D eigenvalue weighted by molar-refractivity contribution is 7.89. The third kappa shape index (κ3) is 4.94. The van der Waals surface area contributed by atoms with Gasteiger partial charge in [0.25, 0.3) is 5.91 Å². The fraction of sp³-hybridized carbons (Fsp3) is 0.588. The van der Waals surface area contributed by atoms with Crippen LogP contribution in [0, 0.1) is 5.92 Å². The van der Waals surface area contributed by atoms with E-state index in [0.29, 0.717) is 24.6 Å². The molecule has 1 saturated carbocycles. The van der Waals surface area contributed by atoms with Gasteiger partial charge in [0, 0.05) is 30.7 Å². The first-order valence-electron chi connectivity index (χ1n) is 8.54. The van der Waals surface area contributed by atoms with Crippen LogP contribution in [0.5, 0.6) is 0 Å². The summed E-state index contributed by atoms with van der Waals surface area (Å²) in [6, 6.07) is 6.44. The number of benzene rings is 1. The topological polar surface area (TPSA) is 92.5 Å². The lowest BCUT2D eigenvalue weighted by Crippen LogP contribution is -2.42. The number of nitrogens with one attached hydrogen (secondary N) is 1. The molecule has 3 N–H and O–H groups in total. The maximum Gasteiger partial charge on any atom is 0.253 e. The molecule has 3 rings (SSSR count). The van der Waals surface area contributed by atoms with Crippen molar-refractivity contribution in [2.45, 2.75) is 49.6 Å². The number of carbonyl (C=O) groups excluding carboxylic acids is 1. The third-order valence-corrected chi connectivity index (χ3v) is 6.42. The number of hydrogen-bond acceptors (Lipinski definition) is 4. The average molecular weight is 388 g/mol. The van der Waals surface area contributed by atoms with Crippen LogP contribution in [-0.4, -0.2) is 44.4 Å². The zero-order chi connectivity index (χ0) is 17.3. The van der Waals surface area contributed by atoms with Gasteiger partial charge in [0.2, 0.25) is 10.0 Å². The Kier molecular flexibility index (Phi) is 6.48. The highest BCUT2D eigenvalue weighted by Crippen LogP contribution is 2.23. The fourth-order valence-electron chi connectivity index (χ4n) is 3.08. The lowest BCUT2D eigenvalue weighted by molar-refractivity contribution is 0.0681. The highest BCUT2D eigenvalue weighted by Gasteiger charge is 2.29. The Morgan fingerprint density at radius 1 is 1.16 bits per heavy atom. The van der Waals surface area contributed by atoms with Crippen LogP contribution in [0.1, 0.15) is 43.0 Å². The molecule has 1 heterocycles. The molecule has 1 aromatic carbocycles. The van der Waals surface area contributed by atoms with E-state index in [0.717, 1.165) is 25.7 Å². The summed E-state index contributed by atoms with van der Waals surface area (Å²) < 4.78 is 26.9. The van der Waals surface area contributed by atoms with E-state index < -0.39 is 10.0 Å². The molecule has 6 nitrogen and oxygen atoms in total. The van der Waals surface area contributed by atoms with E-state index in [4.69, 9.17) is 5.73 Å². The second-order valence-corrected chi connectivity index (χ2v) is 8.62. The van der Waals surface area contributed by atoms with E-state index in [-0.39, 0.29) is 35.3 Å². The monoisotopic (exact) mass is 387 g/mol. The number of nitrogens with zero attached hydrogens (tertiary/aromatic N) is 1. The number of amides is 1. The van der Waals surface area contributed by atoms with Crippen molar-refractivity contribution >= 4 is 28.3 Å². The Balaban J connectivity index is 0.00000225.